The number of aromatic amines is 1. The van der Waals surface area contributed by atoms with Crippen LogP contribution in [0.2, 0.25) is 0 Å². The van der Waals surface area contributed by atoms with Crippen molar-refractivity contribution in [2.45, 2.75) is 18.9 Å². The number of H-pyrrole nitrogens is 1. The third-order valence-electron chi connectivity index (χ3n) is 2.24. The molecular weight excluding hydrogens is 254 g/mol. The molecule has 0 bridgehead atoms. The fourth-order valence-electron chi connectivity index (χ4n) is 1.32. The molecular formula is C10H15N5O4. The quantitative estimate of drug-likeness (QED) is 0.411. The average Bonchev–Trinajstić information content (AvgIpc) is 2.80. The summed E-state index contributed by atoms with van der Waals surface area (Å²) in [4.78, 5) is 39.4. The van der Waals surface area contributed by atoms with Gasteiger partial charge in [-0.3, -0.25) is 4.79 Å². The number of hydrogen-bond acceptors (Lipinski definition) is 4. The van der Waals surface area contributed by atoms with Crippen LogP contribution in [0, 0.1) is 0 Å². The van der Waals surface area contributed by atoms with Crippen molar-refractivity contribution in [2.24, 2.45) is 5.73 Å². The summed E-state index contributed by atoms with van der Waals surface area (Å²) in [6.45, 7) is 0.0531. The van der Waals surface area contributed by atoms with Crippen molar-refractivity contribution in [1.82, 2.24) is 20.6 Å². The molecule has 0 aliphatic heterocycles. The normalized spacial score (nSPS) is 11.6. The maximum atomic E-state index is 11.4. The van der Waals surface area contributed by atoms with E-state index in [1.807, 2.05) is 0 Å². The van der Waals surface area contributed by atoms with Gasteiger partial charge in [0, 0.05) is 31.3 Å². The number of aromatic nitrogens is 2. The summed E-state index contributed by atoms with van der Waals surface area (Å²) >= 11 is 0. The van der Waals surface area contributed by atoms with Crippen molar-refractivity contribution in [3.63, 3.8) is 0 Å². The van der Waals surface area contributed by atoms with Gasteiger partial charge in [0.1, 0.15) is 6.04 Å². The van der Waals surface area contributed by atoms with E-state index >= 15 is 0 Å². The lowest BCUT2D eigenvalue weighted by Crippen LogP contribution is -2.47. The van der Waals surface area contributed by atoms with Gasteiger partial charge in [0.05, 0.1) is 6.33 Å². The zero-order chi connectivity index (χ0) is 14.3. The second-order valence-corrected chi connectivity index (χ2v) is 3.79. The molecule has 1 aromatic heterocycles. The molecule has 9 nitrogen and oxygen atoms in total. The lowest BCUT2D eigenvalue weighted by atomic mass is 10.2. The van der Waals surface area contributed by atoms with Crippen molar-refractivity contribution < 1.29 is 19.5 Å². The smallest absolute Gasteiger partial charge is 0.326 e. The second kappa shape index (κ2) is 6.99. The topological polar surface area (TPSA) is 150 Å². The molecule has 1 heterocycles. The lowest BCUT2D eigenvalue weighted by molar-refractivity contribution is -0.139. The number of hydrogen-bond donors (Lipinski definition) is 5. The van der Waals surface area contributed by atoms with Crippen LogP contribution < -0.4 is 16.4 Å². The van der Waals surface area contributed by atoms with E-state index < -0.39 is 23.9 Å². The van der Waals surface area contributed by atoms with E-state index in [1.165, 1.54) is 12.5 Å². The Labute approximate surface area is 108 Å². The first-order valence-corrected chi connectivity index (χ1v) is 5.51. The first kappa shape index (κ1) is 14.5. The Bertz CT molecular complexity index is 445. The van der Waals surface area contributed by atoms with Gasteiger partial charge in [0.15, 0.2) is 0 Å². The number of nitrogens with two attached hydrogens (primary N) is 1. The van der Waals surface area contributed by atoms with Crippen LogP contribution in [-0.4, -0.2) is 45.6 Å². The van der Waals surface area contributed by atoms with Gasteiger partial charge in [-0.15, -0.1) is 0 Å². The molecule has 1 rings (SSSR count). The highest BCUT2D eigenvalue weighted by Gasteiger charge is 2.20. The van der Waals surface area contributed by atoms with Crippen molar-refractivity contribution in [3.8, 4) is 0 Å². The summed E-state index contributed by atoms with van der Waals surface area (Å²) in [7, 11) is 0. The highest BCUT2D eigenvalue weighted by Crippen LogP contribution is 1.98. The van der Waals surface area contributed by atoms with Gasteiger partial charge in [0.2, 0.25) is 5.91 Å². The molecule has 0 fully saturated rings. The van der Waals surface area contributed by atoms with E-state index in [9.17, 15) is 14.4 Å². The molecule has 0 aliphatic carbocycles. The van der Waals surface area contributed by atoms with Crippen molar-refractivity contribution >= 4 is 17.9 Å². The number of urea groups is 1. The number of aliphatic carboxylic acids is 1. The van der Waals surface area contributed by atoms with E-state index in [4.69, 9.17) is 10.8 Å². The van der Waals surface area contributed by atoms with Crippen LogP contribution in [0.15, 0.2) is 12.5 Å². The average molecular weight is 269 g/mol. The maximum absolute atomic E-state index is 11.4. The number of carboxylic acid groups (broad SMARTS) is 1. The number of nitrogens with zero attached hydrogens (tertiary/aromatic N) is 1. The summed E-state index contributed by atoms with van der Waals surface area (Å²) < 4.78 is 0. The van der Waals surface area contributed by atoms with Crippen LogP contribution in [0.4, 0.5) is 4.79 Å². The summed E-state index contributed by atoms with van der Waals surface area (Å²) in [6.07, 6.45) is 2.97. The van der Waals surface area contributed by atoms with E-state index in [1.54, 1.807) is 0 Å². The molecule has 0 spiro atoms. The number of amides is 3. The number of rotatable bonds is 7. The van der Waals surface area contributed by atoms with Crippen LogP contribution in [0.5, 0.6) is 0 Å². The van der Waals surface area contributed by atoms with Gasteiger partial charge >= 0.3 is 12.0 Å². The molecule has 0 aliphatic rings. The molecule has 6 N–H and O–H groups in total. The predicted molar refractivity (Wildman–Crippen MR) is 64.1 cm³/mol. The Morgan fingerprint density at radius 1 is 1.47 bits per heavy atom. The number of imidazole rings is 1. The standard InChI is InChI=1S/C10H15N5O4/c11-8(16)1-2-13-10(19)15-7(9(17)18)3-6-4-12-5-14-6/h4-5,7H,1-3H2,(H2,11,16)(H,12,14)(H,17,18)(H2,13,15,19)/t7-/m0/s1. The molecule has 0 radical (unpaired) electrons. The van der Waals surface area contributed by atoms with Gasteiger partial charge in [-0.25, -0.2) is 14.6 Å². The first-order valence-electron chi connectivity index (χ1n) is 5.51. The summed E-state index contributed by atoms with van der Waals surface area (Å²) in [5.74, 6) is -1.72. The molecule has 1 aromatic rings. The lowest BCUT2D eigenvalue weighted by Gasteiger charge is -2.14. The summed E-state index contributed by atoms with van der Waals surface area (Å²) in [5.41, 5.74) is 5.49. The summed E-state index contributed by atoms with van der Waals surface area (Å²) in [6, 6.07) is -1.76. The Kier molecular flexibility index (Phi) is 5.33. The Hall–Kier alpha value is -2.58. The molecule has 0 saturated carbocycles. The minimum Gasteiger partial charge on any atom is -0.480 e. The van der Waals surface area contributed by atoms with E-state index in [-0.39, 0.29) is 19.4 Å². The molecule has 9 heteroatoms. The van der Waals surface area contributed by atoms with Crippen LogP contribution >= 0.6 is 0 Å². The largest absolute Gasteiger partial charge is 0.480 e. The first-order chi connectivity index (χ1) is 8.99. The highest BCUT2D eigenvalue weighted by molar-refractivity contribution is 5.83. The van der Waals surface area contributed by atoms with Crippen molar-refractivity contribution in [3.05, 3.63) is 18.2 Å². The number of carboxylic acids is 1. The molecule has 3 amide bonds. The van der Waals surface area contributed by atoms with Gasteiger partial charge in [-0.05, 0) is 0 Å². The second-order valence-electron chi connectivity index (χ2n) is 3.79. The van der Waals surface area contributed by atoms with E-state index in [2.05, 4.69) is 20.6 Å². The SMILES string of the molecule is NC(=O)CCNC(=O)N[C@@H](Cc1cnc[nH]1)C(=O)O. The third-order valence-corrected chi connectivity index (χ3v) is 2.24. The monoisotopic (exact) mass is 269 g/mol. The van der Waals surface area contributed by atoms with E-state index in [0.29, 0.717) is 5.69 Å². The Balaban J connectivity index is 2.42. The molecule has 0 saturated heterocycles. The van der Waals surface area contributed by atoms with Crippen LogP contribution in [0.3, 0.4) is 0 Å². The Morgan fingerprint density at radius 2 is 2.21 bits per heavy atom. The van der Waals surface area contributed by atoms with Gasteiger partial charge < -0.3 is 26.5 Å². The van der Waals surface area contributed by atoms with Crippen LogP contribution in [0.25, 0.3) is 0 Å². The van der Waals surface area contributed by atoms with Gasteiger partial charge in [-0.1, -0.05) is 0 Å². The van der Waals surface area contributed by atoms with Gasteiger partial charge in [0.25, 0.3) is 0 Å². The minimum absolute atomic E-state index is 0.00823. The fourth-order valence-corrected chi connectivity index (χ4v) is 1.32. The minimum atomic E-state index is -1.17. The zero-order valence-corrected chi connectivity index (χ0v) is 10.0. The zero-order valence-electron chi connectivity index (χ0n) is 10.0. The fraction of sp³-hybridized carbons (Fsp3) is 0.400. The molecule has 104 valence electrons. The van der Waals surface area contributed by atoms with Crippen LogP contribution in [0.1, 0.15) is 12.1 Å². The van der Waals surface area contributed by atoms with Crippen LogP contribution in [-0.2, 0) is 16.0 Å². The maximum Gasteiger partial charge on any atom is 0.326 e. The van der Waals surface area contributed by atoms with E-state index in [0.717, 1.165) is 0 Å². The van der Waals surface area contributed by atoms with Gasteiger partial charge in [-0.2, -0.15) is 0 Å². The number of primary amides is 1. The predicted octanol–water partition coefficient (Wildman–Crippen LogP) is -1.42. The number of carbonyl (C=O) groups is 3. The Morgan fingerprint density at radius 3 is 2.74 bits per heavy atom. The third kappa shape index (κ3) is 5.52. The molecule has 19 heavy (non-hydrogen) atoms. The number of nitrogens with one attached hydrogen (secondary N) is 3. The molecule has 0 aromatic carbocycles. The highest BCUT2D eigenvalue weighted by atomic mass is 16.4. The molecule has 0 unspecified atom stereocenters. The number of carbonyl (C=O) groups excluding carboxylic acids is 2. The summed E-state index contributed by atoms with van der Waals surface area (Å²) in [5, 5.41) is 13.6. The molecule has 1 atom stereocenters. The van der Waals surface area contributed by atoms with Crippen molar-refractivity contribution in [2.75, 3.05) is 6.54 Å². The van der Waals surface area contributed by atoms with Crippen molar-refractivity contribution in [1.29, 1.82) is 0 Å².